The maximum absolute atomic E-state index is 11.3. The Bertz CT molecular complexity index is 852. The van der Waals surface area contributed by atoms with Gasteiger partial charge in [0.15, 0.2) is 0 Å². The van der Waals surface area contributed by atoms with Gasteiger partial charge >= 0.3 is 5.97 Å². The number of benzene rings is 1. The van der Waals surface area contributed by atoms with Crippen molar-refractivity contribution < 1.29 is 14.6 Å². The van der Waals surface area contributed by atoms with Crippen LogP contribution in [0.2, 0.25) is 0 Å². The predicted octanol–water partition coefficient (Wildman–Crippen LogP) is 5.11. The van der Waals surface area contributed by atoms with Crippen molar-refractivity contribution in [3.63, 3.8) is 0 Å². The highest BCUT2D eigenvalue weighted by molar-refractivity contribution is 5.71. The van der Waals surface area contributed by atoms with Gasteiger partial charge in [-0.05, 0) is 35.4 Å². The molecule has 1 aromatic carbocycles. The Morgan fingerprint density at radius 1 is 1.18 bits per heavy atom. The van der Waals surface area contributed by atoms with E-state index in [1.165, 1.54) is 0 Å². The largest absolute Gasteiger partial charge is 0.507 e. The minimum absolute atomic E-state index is 0.191. The molecule has 0 aliphatic heterocycles. The number of phenols is 1. The third kappa shape index (κ3) is 4.75. The maximum atomic E-state index is 11.3. The number of rotatable bonds is 5. The molecule has 0 saturated heterocycles. The first kappa shape index (κ1) is 22.0. The molecule has 0 amide bonds. The molecule has 0 fully saturated rings. The quantitative estimate of drug-likeness (QED) is 0.725. The number of aromatic nitrogens is 2. The van der Waals surface area contributed by atoms with Gasteiger partial charge in [0.1, 0.15) is 12.4 Å². The molecule has 0 saturated carbocycles. The summed E-state index contributed by atoms with van der Waals surface area (Å²) in [7, 11) is 0. The second kappa shape index (κ2) is 7.98. The molecule has 28 heavy (non-hydrogen) atoms. The molecule has 0 radical (unpaired) electrons. The Hall–Kier alpha value is -2.30. The molecule has 0 atom stereocenters. The van der Waals surface area contributed by atoms with Crippen molar-refractivity contribution in [1.29, 1.82) is 0 Å². The fraction of sp³-hybridized carbons (Fsp3) is 0.565. The lowest BCUT2D eigenvalue weighted by molar-refractivity contribution is -0.143. The van der Waals surface area contributed by atoms with Gasteiger partial charge < -0.3 is 9.84 Å². The minimum Gasteiger partial charge on any atom is -0.507 e. The molecule has 2 rings (SSSR count). The van der Waals surface area contributed by atoms with Crippen LogP contribution in [0.5, 0.6) is 5.75 Å². The average molecular weight is 387 g/mol. The third-order valence-electron chi connectivity index (χ3n) is 4.91. The Morgan fingerprint density at radius 2 is 1.82 bits per heavy atom. The summed E-state index contributed by atoms with van der Waals surface area (Å²) in [6.45, 7) is 17.3. The van der Waals surface area contributed by atoms with Crippen molar-refractivity contribution in [3.05, 3.63) is 35.0 Å². The summed E-state index contributed by atoms with van der Waals surface area (Å²) in [6, 6.07) is 4.03. The summed E-state index contributed by atoms with van der Waals surface area (Å²) in [5, 5.41) is 15.7. The number of hydrogen-bond donors (Lipinski definition) is 1. The lowest BCUT2D eigenvalue weighted by atomic mass is 9.75. The van der Waals surface area contributed by atoms with E-state index in [0.29, 0.717) is 25.3 Å². The van der Waals surface area contributed by atoms with Gasteiger partial charge in [0.25, 0.3) is 0 Å². The number of carbonyl (C=O) groups is 1. The second-order valence-electron chi connectivity index (χ2n) is 9.36. The van der Waals surface area contributed by atoms with Crippen LogP contribution >= 0.6 is 0 Å². The summed E-state index contributed by atoms with van der Waals surface area (Å²) in [4.78, 5) is 11.3. The zero-order valence-electron chi connectivity index (χ0n) is 18.5. The van der Waals surface area contributed by atoms with Crippen molar-refractivity contribution >= 4 is 5.97 Å². The highest BCUT2D eigenvalue weighted by Gasteiger charge is 2.29. The molecule has 0 bridgehead atoms. The molecule has 2 aromatic rings. The average Bonchev–Trinajstić information content (AvgIpc) is 3.00. The van der Waals surface area contributed by atoms with Crippen LogP contribution in [0.3, 0.4) is 0 Å². The molecule has 1 heterocycles. The summed E-state index contributed by atoms with van der Waals surface area (Å²) in [5.74, 6) is 0.179. The number of hydrogen-bond acceptors (Lipinski definition) is 4. The van der Waals surface area contributed by atoms with E-state index in [4.69, 9.17) is 4.74 Å². The number of aromatic hydroxyl groups is 1. The Morgan fingerprint density at radius 3 is 2.36 bits per heavy atom. The Kier molecular flexibility index (Phi) is 6.27. The van der Waals surface area contributed by atoms with Crippen LogP contribution in [0, 0.1) is 6.92 Å². The first-order chi connectivity index (χ1) is 12.9. The van der Waals surface area contributed by atoms with E-state index >= 15 is 0 Å². The normalized spacial score (nSPS) is 12.3. The van der Waals surface area contributed by atoms with E-state index in [1.807, 2.05) is 19.2 Å². The summed E-state index contributed by atoms with van der Waals surface area (Å²) >= 11 is 0. The monoisotopic (exact) mass is 386 g/mol. The van der Waals surface area contributed by atoms with Gasteiger partial charge in [-0.3, -0.25) is 9.48 Å². The molecule has 0 aliphatic rings. The smallest absolute Gasteiger partial charge is 0.305 e. The second-order valence-corrected chi connectivity index (χ2v) is 9.36. The van der Waals surface area contributed by atoms with Crippen LogP contribution in [-0.4, -0.2) is 27.5 Å². The maximum Gasteiger partial charge on any atom is 0.305 e. The summed E-state index contributed by atoms with van der Waals surface area (Å²) < 4.78 is 6.93. The standard InChI is InChI=1S/C23H34N2O3/c1-9-19(26)28-13-12-25-11-10-18(24-25)16-14-17(22(3,4)5)21(27)20(15(16)2)23(6,7)8/h10-11,14,27H,9,12-13H2,1-8H3. The highest BCUT2D eigenvalue weighted by Crippen LogP contribution is 2.44. The van der Waals surface area contributed by atoms with Gasteiger partial charge in [0, 0.05) is 29.3 Å². The molecule has 154 valence electrons. The molecule has 1 N–H and O–H groups in total. The number of nitrogens with zero attached hydrogens (tertiary/aromatic N) is 2. The van der Waals surface area contributed by atoms with E-state index in [9.17, 15) is 9.90 Å². The predicted molar refractivity (Wildman–Crippen MR) is 113 cm³/mol. The number of carbonyl (C=O) groups excluding carboxylic acids is 1. The van der Waals surface area contributed by atoms with Gasteiger partial charge in [-0.1, -0.05) is 48.5 Å². The molecule has 1 aromatic heterocycles. The van der Waals surface area contributed by atoms with Crippen LogP contribution in [0.15, 0.2) is 18.3 Å². The summed E-state index contributed by atoms with van der Waals surface area (Å²) in [5.41, 5.74) is 4.42. The molecule has 0 aliphatic carbocycles. The SMILES string of the molecule is CCC(=O)OCCn1ccc(-c2cc(C(C)(C)C)c(O)c(C(C)(C)C)c2C)n1. The molecule has 0 unspecified atom stereocenters. The van der Waals surface area contributed by atoms with E-state index in [2.05, 4.69) is 52.7 Å². The van der Waals surface area contributed by atoms with Gasteiger partial charge in [0.05, 0.1) is 12.2 Å². The van der Waals surface area contributed by atoms with E-state index < -0.39 is 0 Å². The molecule has 0 spiro atoms. The molecule has 5 heteroatoms. The summed E-state index contributed by atoms with van der Waals surface area (Å²) in [6.07, 6.45) is 2.27. The highest BCUT2D eigenvalue weighted by atomic mass is 16.5. The zero-order valence-corrected chi connectivity index (χ0v) is 18.5. The number of esters is 1. The van der Waals surface area contributed by atoms with Crippen molar-refractivity contribution in [3.8, 4) is 17.0 Å². The first-order valence-corrected chi connectivity index (χ1v) is 9.93. The van der Waals surface area contributed by atoms with E-state index in [-0.39, 0.29) is 16.8 Å². The zero-order chi connectivity index (χ0) is 21.3. The van der Waals surface area contributed by atoms with Crippen molar-refractivity contribution in [1.82, 2.24) is 9.78 Å². The van der Waals surface area contributed by atoms with Crippen LogP contribution < -0.4 is 0 Å². The fourth-order valence-corrected chi connectivity index (χ4v) is 3.51. The van der Waals surface area contributed by atoms with E-state index in [1.54, 1.807) is 11.6 Å². The van der Waals surface area contributed by atoms with Crippen molar-refractivity contribution in [2.75, 3.05) is 6.61 Å². The van der Waals surface area contributed by atoms with Crippen LogP contribution in [-0.2, 0) is 26.9 Å². The van der Waals surface area contributed by atoms with Crippen molar-refractivity contribution in [2.45, 2.75) is 79.2 Å². The molecule has 5 nitrogen and oxygen atoms in total. The fourth-order valence-electron chi connectivity index (χ4n) is 3.51. The topological polar surface area (TPSA) is 64.3 Å². The molecular weight excluding hydrogens is 352 g/mol. The van der Waals surface area contributed by atoms with Gasteiger partial charge in [0.2, 0.25) is 0 Å². The van der Waals surface area contributed by atoms with Crippen LogP contribution in [0.25, 0.3) is 11.3 Å². The third-order valence-corrected chi connectivity index (χ3v) is 4.91. The number of ether oxygens (including phenoxy) is 1. The number of phenolic OH excluding ortho intramolecular Hbond substituents is 1. The lowest BCUT2D eigenvalue weighted by Crippen LogP contribution is -2.19. The van der Waals surface area contributed by atoms with Gasteiger partial charge in [-0.2, -0.15) is 5.10 Å². The Labute approximate surface area is 168 Å². The lowest BCUT2D eigenvalue weighted by Gasteiger charge is -2.30. The Balaban J connectivity index is 2.47. The van der Waals surface area contributed by atoms with Crippen LogP contribution in [0.4, 0.5) is 0 Å². The van der Waals surface area contributed by atoms with E-state index in [0.717, 1.165) is 27.9 Å². The first-order valence-electron chi connectivity index (χ1n) is 9.93. The van der Waals surface area contributed by atoms with Gasteiger partial charge in [-0.25, -0.2) is 0 Å². The van der Waals surface area contributed by atoms with Gasteiger partial charge in [-0.15, -0.1) is 0 Å². The van der Waals surface area contributed by atoms with Crippen LogP contribution in [0.1, 0.15) is 71.6 Å². The molecular formula is C23H34N2O3. The van der Waals surface area contributed by atoms with Crippen molar-refractivity contribution in [2.24, 2.45) is 0 Å². The minimum atomic E-state index is -0.202.